The molecule has 0 bridgehead atoms. The van der Waals surface area contributed by atoms with Gasteiger partial charge in [-0.2, -0.15) is 0 Å². The van der Waals surface area contributed by atoms with Gasteiger partial charge < -0.3 is 9.73 Å². The average molecular weight is 248 g/mol. The highest BCUT2D eigenvalue weighted by atomic mass is 16.3. The van der Waals surface area contributed by atoms with E-state index in [1.165, 1.54) is 38.8 Å². The molecule has 2 aliphatic rings. The van der Waals surface area contributed by atoms with Crippen LogP contribution < -0.4 is 5.32 Å². The van der Waals surface area contributed by atoms with Crippen molar-refractivity contribution < 1.29 is 4.42 Å². The third-order valence-electron chi connectivity index (χ3n) is 4.19. The maximum atomic E-state index is 5.89. The molecular weight excluding hydrogens is 224 g/mol. The molecule has 2 fully saturated rings. The van der Waals surface area contributed by atoms with E-state index in [9.17, 15) is 0 Å². The summed E-state index contributed by atoms with van der Waals surface area (Å²) in [6, 6.07) is 5.02. The molecule has 100 valence electrons. The van der Waals surface area contributed by atoms with Gasteiger partial charge in [-0.05, 0) is 43.9 Å². The molecule has 0 aromatic carbocycles. The molecule has 3 rings (SSSR count). The number of hydrogen-bond donors (Lipinski definition) is 1. The van der Waals surface area contributed by atoms with E-state index in [0.717, 1.165) is 36.6 Å². The Labute approximate surface area is 110 Å². The van der Waals surface area contributed by atoms with Crippen LogP contribution >= 0.6 is 0 Å². The number of nitrogens with zero attached hydrogens (tertiary/aromatic N) is 1. The second kappa shape index (κ2) is 5.45. The summed E-state index contributed by atoms with van der Waals surface area (Å²) in [7, 11) is 0. The summed E-state index contributed by atoms with van der Waals surface area (Å²) < 4.78 is 5.89. The summed E-state index contributed by atoms with van der Waals surface area (Å²) in [4.78, 5) is 2.52. The zero-order chi connectivity index (χ0) is 12.4. The van der Waals surface area contributed by atoms with E-state index in [-0.39, 0.29) is 0 Å². The summed E-state index contributed by atoms with van der Waals surface area (Å²) >= 11 is 0. The van der Waals surface area contributed by atoms with Crippen LogP contribution in [0, 0.1) is 5.92 Å². The van der Waals surface area contributed by atoms with Crippen molar-refractivity contribution in [3.8, 4) is 0 Å². The van der Waals surface area contributed by atoms with Crippen molar-refractivity contribution in [3.63, 3.8) is 0 Å². The smallest absolute Gasteiger partial charge is 0.118 e. The lowest BCUT2D eigenvalue weighted by atomic mass is 10.1. The zero-order valence-electron chi connectivity index (χ0n) is 11.3. The highest BCUT2D eigenvalue weighted by Gasteiger charge is 2.22. The van der Waals surface area contributed by atoms with Gasteiger partial charge in [0.1, 0.15) is 11.5 Å². The molecule has 1 saturated carbocycles. The molecule has 1 aromatic rings. The predicted molar refractivity (Wildman–Crippen MR) is 72.2 cm³/mol. The minimum absolute atomic E-state index is 0.752. The fourth-order valence-electron chi connectivity index (χ4n) is 2.74. The minimum atomic E-state index is 0.752. The van der Waals surface area contributed by atoms with Crippen LogP contribution in [0.5, 0.6) is 0 Å². The molecule has 1 unspecified atom stereocenters. The first-order chi connectivity index (χ1) is 8.83. The number of rotatable bonds is 6. The predicted octanol–water partition coefficient (Wildman–Crippen LogP) is 2.76. The summed E-state index contributed by atoms with van der Waals surface area (Å²) in [6.07, 6.45) is 5.33. The van der Waals surface area contributed by atoms with Crippen LogP contribution in [0.15, 0.2) is 16.5 Å². The topological polar surface area (TPSA) is 28.4 Å². The van der Waals surface area contributed by atoms with Gasteiger partial charge in [0.15, 0.2) is 0 Å². The van der Waals surface area contributed by atoms with E-state index in [1.807, 2.05) is 0 Å². The molecule has 1 aliphatic heterocycles. The van der Waals surface area contributed by atoms with E-state index >= 15 is 0 Å². The Morgan fingerprint density at radius 3 is 2.83 bits per heavy atom. The molecule has 1 N–H and O–H groups in total. The maximum Gasteiger partial charge on any atom is 0.118 e. The highest BCUT2D eigenvalue weighted by molar-refractivity contribution is 5.07. The van der Waals surface area contributed by atoms with Gasteiger partial charge in [-0.3, -0.25) is 4.90 Å². The van der Waals surface area contributed by atoms with Crippen LogP contribution in [-0.2, 0) is 13.1 Å². The third-order valence-corrected chi connectivity index (χ3v) is 4.19. The normalized spacial score (nSPS) is 24.8. The molecule has 1 aromatic heterocycles. The van der Waals surface area contributed by atoms with Crippen molar-refractivity contribution in [2.45, 2.75) is 51.7 Å². The lowest BCUT2D eigenvalue weighted by molar-refractivity contribution is 0.280. The van der Waals surface area contributed by atoms with Crippen LogP contribution in [0.25, 0.3) is 0 Å². The molecule has 3 nitrogen and oxygen atoms in total. The van der Waals surface area contributed by atoms with E-state index < -0.39 is 0 Å². The largest absolute Gasteiger partial charge is 0.463 e. The van der Waals surface area contributed by atoms with Gasteiger partial charge in [0.05, 0.1) is 13.1 Å². The summed E-state index contributed by atoms with van der Waals surface area (Å²) in [5.74, 6) is 3.11. The minimum Gasteiger partial charge on any atom is -0.463 e. The Kier molecular flexibility index (Phi) is 3.71. The van der Waals surface area contributed by atoms with Gasteiger partial charge in [0.25, 0.3) is 0 Å². The highest BCUT2D eigenvalue weighted by Crippen LogP contribution is 2.22. The number of hydrogen-bond acceptors (Lipinski definition) is 3. The van der Waals surface area contributed by atoms with Gasteiger partial charge in [-0.1, -0.05) is 13.3 Å². The number of likely N-dealkylation sites (tertiary alicyclic amines) is 1. The molecule has 1 atom stereocenters. The molecule has 2 heterocycles. The first kappa shape index (κ1) is 12.2. The van der Waals surface area contributed by atoms with E-state index in [1.54, 1.807) is 0 Å². The second-order valence-corrected chi connectivity index (χ2v) is 5.82. The van der Waals surface area contributed by atoms with Crippen molar-refractivity contribution in [3.05, 3.63) is 23.7 Å². The van der Waals surface area contributed by atoms with Gasteiger partial charge in [0, 0.05) is 12.6 Å². The van der Waals surface area contributed by atoms with Crippen molar-refractivity contribution in [1.29, 1.82) is 0 Å². The third kappa shape index (κ3) is 3.15. The van der Waals surface area contributed by atoms with Gasteiger partial charge in [-0.15, -0.1) is 0 Å². The van der Waals surface area contributed by atoms with Gasteiger partial charge >= 0.3 is 0 Å². The maximum absolute atomic E-state index is 5.89. The fourth-order valence-corrected chi connectivity index (χ4v) is 2.74. The average Bonchev–Trinajstić information content (AvgIpc) is 2.93. The van der Waals surface area contributed by atoms with E-state index in [2.05, 4.69) is 29.3 Å². The van der Waals surface area contributed by atoms with Gasteiger partial charge in [0.2, 0.25) is 0 Å². The Bertz CT molecular complexity index is 384. The quantitative estimate of drug-likeness (QED) is 0.839. The number of furan rings is 1. The Hall–Kier alpha value is -0.800. The Balaban J connectivity index is 1.47. The van der Waals surface area contributed by atoms with Crippen molar-refractivity contribution in [2.75, 3.05) is 13.1 Å². The summed E-state index contributed by atoms with van der Waals surface area (Å²) in [6.45, 7) is 6.65. The van der Waals surface area contributed by atoms with Crippen LogP contribution in [0.3, 0.4) is 0 Å². The summed E-state index contributed by atoms with van der Waals surface area (Å²) in [5, 5.41) is 3.49. The van der Waals surface area contributed by atoms with Crippen LogP contribution in [0.4, 0.5) is 0 Å². The van der Waals surface area contributed by atoms with Crippen LogP contribution in [0.1, 0.15) is 44.1 Å². The van der Waals surface area contributed by atoms with Crippen molar-refractivity contribution in [1.82, 2.24) is 10.2 Å². The molecule has 1 saturated heterocycles. The Morgan fingerprint density at radius 2 is 2.11 bits per heavy atom. The molecular formula is C15H24N2O. The first-order valence-electron chi connectivity index (χ1n) is 7.37. The second-order valence-electron chi connectivity index (χ2n) is 5.82. The van der Waals surface area contributed by atoms with E-state index in [4.69, 9.17) is 4.42 Å². The monoisotopic (exact) mass is 248 g/mol. The van der Waals surface area contributed by atoms with Crippen LogP contribution in [0.2, 0.25) is 0 Å². The van der Waals surface area contributed by atoms with Crippen molar-refractivity contribution in [2.24, 2.45) is 5.92 Å². The molecule has 1 aliphatic carbocycles. The molecule has 18 heavy (non-hydrogen) atoms. The van der Waals surface area contributed by atoms with Gasteiger partial charge in [-0.25, -0.2) is 0 Å². The lowest BCUT2D eigenvalue weighted by Crippen LogP contribution is -2.19. The van der Waals surface area contributed by atoms with Crippen molar-refractivity contribution >= 4 is 0 Å². The zero-order valence-corrected chi connectivity index (χ0v) is 11.3. The molecule has 0 spiro atoms. The molecule has 0 amide bonds. The SMILES string of the molecule is CCC1CCN(Cc2ccc(CNC3CC3)o2)C1. The number of nitrogens with one attached hydrogen (secondary N) is 1. The molecule has 3 heteroatoms. The first-order valence-corrected chi connectivity index (χ1v) is 7.37. The summed E-state index contributed by atoms with van der Waals surface area (Å²) in [5.41, 5.74) is 0. The van der Waals surface area contributed by atoms with Crippen LogP contribution in [-0.4, -0.2) is 24.0 Å². The van der Waals surface area contributed by atoms with E-state index in [0.29, 0.717) is 0 Å². The molecule has 0 radical (unpaired) electrons. The standard InChI is InChI=1S/C15H24N2O/c1-2-12-7-8-17(10-12)11-15-6-5-14(18-15)9-16-13-3-4-13/h5-6,12-13,16H,2-4,7-11H2,1H3. The Morgan fingerprint density at radius 1 is 1.28 bits per heavy atom. The fraction of sp³-hybridized carbons (Fsp3) is 0.733. The lowest BCUT2D eigenvalue weighted by Gasteiger charge is -2.13.